The Bertz CT molecular complexity index is 1120. The van der Waals surface area contributed by atoms with Gasteiger partial charge >= 0.3 is 0 Å². The van der Waals surface area contributed by atoms with E-state index < -0.39 is 5.91 Å². The lowest BCUT2D eigenvalue weighted by molar-refractivity contribution is 0.102. The third-order valence-electron chi connectivity index (χ3n) is 4.73. The molecule has 0 aliphatic carbocycles. The van der Waals surface area contributed by atoms with Gasteiger partial charge in [-0.25, -0.2) is 0 Å². The van der Waals surface area contributed by atoms with Gasteiger partial charge in [-0.2, -0.15) is 0 Å². The molecule has 3 aromatic carbocycles. The Morgan fingerprint density at radius 2 is 1.81 bits per heavy atom. The summed E-state index contributed by atoms with van der Waals surface area (Å²) in [5, 5.41) is 23.7. The molecule has 0 aliphatic heterocycles. The van der Waals surface area contributed by atoms with Crippen LogP contribution in [0.25, 0.3) is 11.1 Å². The predicted molar refractivity (Wildman–Crippen MR) is 125 cm³/mol. The van der Waals surface area contributed by atoms with Crippen LogP contribution in [0.1, 0.15) is 10.4 Å². The van der Waals surface area contributed by atoms with Crippen molar-refractivity contribution in [1.82, 2.24) is 4.90 Å². The van der Waals surface area contributed by atoms with Crippen molar-refractivity contribution >= 4 is 23.2 Å². The highest BCUT2D eigenvalue weighted by Crippen LogP contribution is 2.41. The van der Waals surface area contributed by atoms with Crippen LogP contribution in [0.4, 0.5) is 5.69 Å². The number of phenols is 2. The number of hydrogen-bond acceptors (Lipinski definition) is 6. The first kappa shape index (κ1) is 23.2. The molecule has 0 aliphatic rings. The van der Waals surface area contributed by atoms with Crippen LogP contribution < -0.4 is 14.8 Å². The van der Waals surface area contributed by atoms with Crippen molar-refractivity contribution in [3.63, 3.8) is 0 Å². The molecule has 1 amide bonds. The van der Waals surface area contributed by atoms with Gasteiger partial charge in [-0.05, 0) is 62.1 Å². The molecule has 7 nitrogen and oxygen atoms in total. The maximum Gasteiger partial charge on any atom is 0.256 e. The van der Waals surface area contributed by atoms with E-state index in [0.717, 1.165) is 6.54 Å². The minimum Gasteiger partial charge on any atom is -0.508 e. The Kier molecular flexibility index (Phi) is 7.45. The number of hydrogen-bond donors (Lipinski definition) is 3. The van der Waals surface area contributed by atoms with Crippen molar-refractivity contribution < 1.29 is 24.5 Å². The Labute approximate surface area is 191 Å². The topological polar surface area (TPSA) is 91.3 Å². The van der Waals surface area contributed by atoms with E-state index >= 15 is 0 Å². The third-order valence-corrected chi connectivity index (χ3v) is 5.02. The second-order valence-electron chi connectivity index (χ2n) is 7.34. The predicted octanol–water partition coefficient (Wildman–Crippen LogP) is 4.62. The first-order valence-electron chi connectivity index (χ1n) is 9.88. The molecule has 0 saturated heterocycles. The lowest BCUT2D eigenvalue weighted by Gasteiger charge is -2.16. The number of carbonyl (C=O) groups is 1. The van der Waals surface area contributed by atoms with Gasteiger partial charge in [0.2, 0.25) is 0 Å². The average Bonchev–Trinajstić information content (AvgIpc) is 2.74. The maximum atomic E-state index is 13.1. The number of amides is 1. The first-order valence-corrected chi connectivity index (χ1v) is 10.3. The largest absolute Gasteiger partial charge is 0.508 e. The number of ether oxygens (including phenoxy) is 2. The fourth-order valence-electron chi connectivity index (χ4n) is 3.11. The summed E-state index contributed by atoms with van der Waals surface area (Å²) in [6.07, 6.45) is 0. The molecule has 0 radical (unpaired) electrons. The number of methoxy groups -OCH3 is 1. The number of nitrogens with one attached hydrogen (secondary N) is 1. The molecule has 8 heteroatoms. The molecule has 0 fully saturated rings. The van der Waals surface area contributed by atoms with Crippen LogP contribution in [0.2, 0.25) is 5.02 Å². The summed E-state index contributed by atoms with van der Waals surface area (Å²) in [4.78, 5) is 15.1. The van der Waals surface area contributed by atoms with E-state index in [0.29, 0.717) is 28.6 Å². The first-order chi connectivity index (χ1) is 15.3. The summed E-state index contributed by atoms with van der Waals surface area (Å²) in [6.45, 7) is 1.23. The number of rotatable bonds is 8. The van der Waals surface area contributed by atoms with Crippen LogP contribution in [0.3, 0.4) is 0 Å². The van der Waals surface area contributed by atoms with Gasteiger partial charge in [0.05, 0.1) is 17.7 Å². The van der Waals surface area contributed by atoms with E-state index in [1.54, 1.807) is 36.4 Å². The standard InChI is InChI=1S/C24H25ClN2O5/c1-27(2)11-12-32-20-9-7-16(14-19(20)25)26-24(30)18-8-10-21(31-3)23(29)22(18)15-5-4-6-17(28)13-15/h4-10,13-14,28-29H,11-12H2,1-3H3,(H,26,30). The van der Waals surface area contributed by atoms with Gasteiger partial charge in [0.1, 0.15) is 18.1 Å². The van der Waals surface area contributed by atoms with E-state index in [1.807, 2.05) is 19.0 Å². The Balaban J connectivity index is 1.88. The van der Waals surface area contributed by atoms with Gasteiger partial charge in [-0.1, -0.05) is 23.7 Å². The Morgan fingerprint density at radius 3 is 2.47 bits per heavy atom. The molecule has 0 atom stereocenters. The van der Waals surface area contributed by atoms with Gasteiger partial charge in [-0.3, -0.25) is 4.79 Å². The number of nitrogens with zero attached hydrogens (tertiary/aromatic N) is 1. The number of benzene rings is 3. The molecule has 3 aromatic rings. The van der Waals surface area contributed by atoms with Gasteiger partial charge in [0.15, 0.2) is 11.5 Å². The summed E-state index contributed by atoms with van der Waals surface area (Å²) in [7, 11) is 5.32. The van der Waals surface area contributed by atoms with Crippen LogP contribution in [0, 0.1) is 0 Å². The number of likely N-dealkylation sites (N-methyl/N-ethyl adjacent to an activating group) is 1. The molecule has 32 heavy (non-hydrogen) atoms. The number of aromatic hydroxyl groups is 2. The number of anilines is 1. The fraction of sp³-hybridized carbons (Fsp3) is 0.208. The van der Waals surface area contributed by atoms with Crippen LogP contribution in [0.15, 0.2) is 54.6 Å². The highest BCUT2D eigenvalue weighted by Gasteiger charge is 2.21. The highest BCUT2D eigenvalue weighted by atomic mass is 35.5. The second kappa shape index (κ2) is 10.3. The van der Waals surface area contributed by atoms with Crippen LogP contribution in [0.5, 0.6) is 23.0 Å². The van der Waals surface area contributed by atoms with Gasteiger partial charge in [0.25, 0.3) is 5.91 Å². The zero-order chi connectivity index (χ0) is 23.3. The SMILES string of the molecule is COc1ccc(C(=O)Nc2ccc(OCCN(C)C)c(Cl)c2)c(-c2cccc(O)c2)c1O. The van der Waals surface area contributed by atoms with Crippen molar-refractivity contribution in [3.05, 3.63) is 65.2 Å². The number of phenolic OH excluding ortho intramolecular Hbond substituents is 2. The van der Waals surface area contributed by atoms with E-state index in [1.165, 1.54) is 25.3 Å². The van der Waals surface area contributed by atoms with Crippen molar-refractivity contribution in [2.45, 2.75) is 0 Å². The van der Waals surface area contributed by atoms with Crippen LogP contribution in [-0.4, -0.2) is 55.4 Å². The maximum absolute atomic E-state index is 13.1. The number of halogens is 1. The summed E-state index contributed by atoms with van der Waals surface area (Å²) in [5.74, 6) is 0.0796. The van der Waals surface area contributed by atoms with E-state index in [-0.39, 0.29) is 28.4 Å². The van der Waals surface area contributed by atoms with Crippen molar-refractivity contribution in [2.75, 3.05) is 39.7 Å². The fourth-order valence-corrected chi connectivity index (χ4v) is 3.35. The molecule has 168 valence electrons. The average molecular weight is 457 g/mol. The molecule has 0 heterocycles. The van der Waals surface area contributed by atoms with E-state index in [9.17, 15) is 15.0 Å². The summed E-state index contributed by atoms with van der Waals surface area (Å²) in [6, 6.07) is 14.3. The van der Waals surface area contributed by atoms with Gasteiger partial charge < -0.3 is 29.9 Å². The second-order valence-corrected chi connectivity index (χ2v) is 7.75. The molecular weight excluding hydrogens is 432 g/mol. The normalized spacial score (nSPS) is 10.8. The number of carbonyl (C=O) groups excluding carboxylic acids is 1. The molecule has 0 spiro atoms. The van der Waals surface area contributed by atoms with Crippen molar-refractivity contribution in [1.29, 1.82) is 0 Å². The van der Waals surface area contributed by atoms with Gasteiger partial charge in [-0.15, -0.1) is 0 Å². The quantitative estimate of drug-likeness (QED) is 0.458. The van der Waals surface area contributed by atoms with Crippen LogP contribution >= 0.6 is 11.6 Å². The lowest BCUT2D eigenvalue weighted by atomic mass is 9.97. The summed E-state index contributed by atoms with van der Waals surface area (Å²) in [5.41, 5.74) is 1.38. The molecule has 0 bridgehead atoms. The molecule has 0 aromatic heterocycles. The molecular formula is C24H25ClN2O5. The minimum absolute atomic E-state index is 0.00714. The molecule has 0 saturated carbocycles. The smallest absolute Gasteiger partial charge is 0.256 e. The molecule has 3 rings (SSSR count). The Morgan fingerprint density at radius 1 is 1.06 bits per heavy atom. The van der Waals surface area contributed by atoms with E-state index in [2.05, 4.69) is 5.32 Å². The molecule has 0 unspecified atom stereocenters. The zero-order valence-electron chi connectivity index (χ0n) is 18.1. The van der Waals surface area contributed by atoms with Crippen molar-refractivity contribution in [3.8, 4) is 34.1 Å². The molecule has 3 N–H and O–H groups in total. The minimum atomic E-state index is -0.460. The van der Waals surface area contributed by atoms with Crippen LogP contribution in [-0.2, 0) is 0 Å². The summed E-state index contributed by atoms with van der Waals surface area (Å²) < 4.78 is 10.9. The summed E-state index contributed by atoms with van der Waals surface area (Å²) >= 11 is 6.31. The Hall–Kier alpha value is -3.42. The van der Waals surface area contributed by atoms with Gasteiger partial charge in [0, 0.05) is 17.8 Å². The third kappa shape index (κ3) is 5.43. The zero-order valence-corrected chi connectivity index (χ0v) is 18.8. The lowest BCUT2D eigenvalue weighted by Crippen LogP contribution is -2.19. The highest BCUT2D eigenvalue weighted by molar-refractivity contribution is 6.32. The van der Waals surface area contributed by atoms with Crippen molar-refractivity contribution in [2.24, 2.45) is 0 Å². The monoisotopic (exact) mass is 456 g/mol. The van der Waals surface area contributed by atoms with E-state index in [4.69, 9.17) is 21.1 Å².